The number of benzene rings is 2. The van der Waals surface area contributed by atoms with Crippen molar-refractivity contribution in [1.29, 1.82) is 0 Å². The average molecular weight is 426 g/mol. The molecule has 1 N–H and O–H groups in total. The van der Waals surface area contributed by atoms with Gasteiger partial charge in [0.15, 0.2) is 0 Å². The van der Waals surface area contributed by atoms with Gasteiger partial charge in [-0.1, -0.05) is 25.8 Å². The van der Waals surface area contributed by atoms with Crippen LogP contribution in [-0.4, -0.2) is 26.1 Å². The zero-order chi connectivity index (χ0) is 21.5. The predicted molar refractivity (Wildman–Crippen MR) is 122 cm³/mol. The number of ether oxygens (including phenoxy) is 2. The fraction of sp³-hybridized carbons (Fsp3) is 0.333. The number of hydrogen-bond acceptors (Lipinski definition) is 5. The first-order valence-electron chi connectivity index (χ1n) is 10.1. The van der Waals surface area contributed by atoms with E-state index in [9.17, 15) is 9.59 Å². The van der Waals surface area contributed by atoms with Crippen LogP contribution in [0.4, 0.5) is 5.69 Å². The summed E-state index contributed by atoms with van der Waals surface area (Å²) in [5.74, 6) is 0.317. The van der Waals surface area contributed by atoms with Gasteiger partial charge in [-0.2, -0.15) is 0 Å². The molecular weight excluding hydrogens is 398 g/mol. The third-order valence-corrected chi connectivity index (χ3v) is 6.05. The normalized spacial score (nSPS) is 10.8. The Labute approximate surface area is 181 Å². The van der Waals surface area contributed by atoms with E-state index >= 15 is 0 Å². The van der Waals surface area contributed by atoms with Crippen LogP contribution in [0.1, 0.15) is 54.1 Å². The number of nitrogens with one attached hydrogen (secondary N) is 1. The van der Waals surface area contributed by atoms with E-state index < -0.39 is 0 Å². The molecule has 0 unspecified atom stereocenters. The molecule has 1 heterocycles. The highest BCUT2D eigenvalue weighted by atomic mass is 32.1. The lowest BCUT2D eigenvalue weighted by molar-refractivity contribution is -0.116. The van der Waals surface area contributed by atoms with Crippen LogP contribution in [0.5, 0.6) is 5.75 Å². The Morgan fingerprint density at radius 1 is 1.03 bits per heavy atom. The second kappa shape index (κ2) is 10.3. The van der Waals surface area contributed by atoms with E-state index in [-0.39, 0.29) is 11.9 Å². The predicted octanol–water partition coefficient (Wildman–Crippen LogP) is 5.81. The molecule has 6 heteroatoms. The van der Waals surface area contributed by atoms with E-state index in [1.54, 1.807) is 30.6 Å². The van der Waals surface area contributed by atoms with Crippen molar-refractivity contribution in [3.63, 3.8) is 0 Å². The van der Waals surface area contributed by atoms with Crippen LogP contribution < -0.4 is 10.1 Å². The third kappa shape index (κ3) is 5.19. The van der Waals surface area contributed by atoms with Gasteiger partial charge in [0.2, 0.25) is 5.91 Å². The molecule has 30 heavy (non-hydrogen) atoms. The largest absolute Gasteiger partial charge is 0.496 e. The molecule has 0 spiro atoms. The van der Waals surface area contributed by atoms with Gasteiger partial charge < -0.3 is 14.8 Å². The Balaban J connectivity index is 1.81. The number of hydrogen-bond donors (Lipinski definition) is 1. The van der Waals surface area contributed by atoms with Gasteiger partial charge in [0.1, 0.15) is 5.75 Å². The lowest BCUT2D eigenvalue weighted by Crippen LogP contribution is -2.10. The summed E-state index contributed by atoms with van der Waals surface area (Å²) in [6, 6.07) is 11.4. The second-order valence-electron chi connectivity index (χ2n) is 7.17. The molecule has 0 saturated carbocycles. The zero-order valence-electron chi connectivity index (χ0n) is 17.6. The summed E-state index contributed by atoms with van der Waals surface area (Å²) in [5.41, 5.74) is 3.41. The van der Waals surface area contributed by atoms with Crippen LogP contribution in [0.3, 0.4) is 0 Å². The smallest absolute Gasteiger partial charge is 0.337 e. The Hall–Kier alpha value is -2.86. The Morgan fingerprint density at radius 2 is 1.87 bits per heavy atom. The fourth-order valence-corrected chi connectivity index (χ4v) is 4.34. The van der Waals surface area contributed by atoms with Gasteiger partial charge in [-0.25, -0.2) is 4.79 Å². The van der Waals surface area contributed by atoms with Gasteiger partial charge in [-0.3, -0.25) is 4.79 Å². The van der Waals surface area contributed by atoms with Crippen molar-refractivity contribution in [3.8, 4) is 5.75 Å². The van der Waals surface area contributed by atoms with Crippen molar-refractivity contribution in [2.24, 2.45) is 0 Å². The first-order chi connectivity index (χ1) is 14.5. The molecule has 3 rings (SSSR count). The number of thiophene rings is 1. The van der Waals surface area contributed by atoms with Crippen molar-refractivity contribution in [3.05, 3.63) is 58.5 Å². The Bertz CT molecular complexity index is 1040. The Morgan fingerprint density at radius 3 is 2.60 bits per heavy atom. The minimum Gasteiger partial charge on any atom is -0.496 e. The standard InChI is InChI=1S/C24H27NO4S/c1-4-5-6-7-23(26)25-19-10-11-22-20(14-19)18(15-30-22)12-16-8-9-17(24(27)29-3)13-21(16)28-2/h8-11,13-15H,4-7,12H2,1-3H3,(H,25,26). The summed E-state index contributed by atoms with van der Waals surface area (Å²) in [5, 5.41) is 6.26. The van der Waals surface area contributed by atoms with Crippen LogP contribution in [0.15, 0.2) is 41.8 Å². The van der Waals surface area contributed by atoms with Gasteiger partial charge >= 0.3 is 5.97 Å². The van der Waals surface area contributed by atoms with E-state index in [0.29, 0.717) is 24.2 Å². The van der Waals surface area contributed by atoms with Gasteiger partial charge in [-0.05, 0) is 58.6 Å². The van der Waals surface area contributed by atoms with Crippen LogP contribution in [0.25, 0.3) is 10.1 Å². The highest BCUT2D eigenvalue weighted by Gasteiger charge is 2.13. The SMILES string of the molecule is CCCCCC(=O)Nc1ccc2scc(Cc3ccc(C(=O)OC)cc3OC)c2c1. The van der Waals surface area contributed by atoms with Gasteiger partial charge in [0, 0.05) is 23.2 Å². The molecule has 0 fully saturated rings. The number of amides is 1. The molecule has 0 aliphatic carbocycles. The minimum absolute atomic E-state index is 0.0552. The van der Waals surface area contributed by atoms with Gasteiger partial charge in [-0.15, -0.1) is 11.3 Å². The number of methoxy groups -OCH3 is 2. The highest BCUT2D eigenvalue weighted by Crippen LogP contribution is 2.32. The zero-order valence-corrected chi connectivity index (χ0v) is 18.4. The van der Waals surface area contributed by atoms with E-state index in [2.05, 4.69) is 17.6 Å². The molecule has 0 aliphatic rings. The number of carbonyl (C=O) groups is 2. The number of fused-ring (bicyclic) bond motifs is 1. The maximum Gasteiger partial charge on any atom is 0.337 e. The quantitative estimate of drug-likeness (QED) is 0.347. The van der Waals surface area contributed by atoms with Crippen molar-refractivity contribution in [2.45, 2.75) is 39.0 Å². The average Bonchev–Trinajstić information content (AvgIpc) is 3.15. The molecule has 5 nitrogen and oxygen atoms in total. The number of unbranched alkanes of at least 4 members (excludes halogenated alkanes) is 2. The molecule has 0 radical (unpaired) electrons. The van der Waals surface area contributed by atoms with Crippen LogP contribution in [-0.2, 0) is 16.0 Å². The van der Waals surface area contributed by atoms with Crippen LogP contribution in [0, 0.1) is 0 Å². The van der Waals surface area contributed by atoms with E-state index in [1.165, 1.54) is 11.8 Å². The molecule has 2 aromatic carbocycles. The lowest BCUT2D eigenvalue weighted by atomic mass is 10.0. The molecule has 0 bridgehead atoms. The molecule has 3 aromatic rings. The van der Waals surface area contributed by atoms with E-state index in [1.807, 2.05) is 24.3 Å². The molecule has 158 valence electrons. The van der Waals surface area contributed by atoms with Gasteiger partial charge in [0.25, 0.3) is 0 Å². The van der Waals surface area contributed by atoms with Gasteiger partial charge in [0.05, 0.1) is 19.8 Å². The summed E-state index contributed by atoms with van der Waals surface area (Å²) in [7, 11) is 2.96. The first-order valence-corrected chi connectivity index (χ1v) is 11.0. The molecule has 1 aromatic heterocycles. The van der Waals surface area contributed by atoms with E-state index in [4.69, 9.17) is 9.47 Å². The maximum absolute atomic E-state index is 12.2. The summed E-state index contributed by atoms with van der Waals surface area (Å²) in [6.45, 7) is 2.13. The second-order valence-corrected chi connectivity index (χ2v) is 8.08. The number of esters is 1. The molecular formula is C24H27NO4S. The monoisotopic (exact) mass is 425 g/mol. The molecule has 0 aliphatic heterocycles. The Kier molecular flexibility index (Phi) is 7.46. The molecule has 1 amide bonds. The number of carbonyl (C=O) groups excluding carboxylic acids is 2. The van der Waals surface area contributed by atoms with Crippen molar-refractivity contribution >= 4 is 39.0 Å². The van der Waals surface area contributed by atoms with Crippen LogP contribution in [0.2, 0.25) is 0 Å². The molecule has 0 atom stereocenters. The lowest BCUT2D eigenvalue weighted by Gasteiger charge is -2.10. The topological polar surface area (TPSA) is 64.6 Å². The summed E-state index contributed by atoms with van der Waals surface area (Å²) in [6.07, 6.45) is 4.29. The number of anilines is 1. The molecule has 0 saturated heterocycles. The minimum atomic E-state index is -0.389. The van der Waals surface area contributed by atoms with Crippen molar-refractivity contribution in [1.82, 2.24) is 0 Å². The summed E-state index contributed by atoms with van der Waals surface area (Å²) >= 11 is 1.68. The third-order valence-electron chi connectivity index (χ3n) is 5.03. The van der Waals surface area contributed by atoms with Crippen LogP contribution >= 0.6 is 11.3 Å². The summed E-state index contributed by atoms with van der Waals surface area (Å²) in [4.78, 5) is 24.0. The fourth-order valence-electron chi connectivity index (χ4n) is 3.40. The first kappa shape index (κ1) is 21.8. The highest BCUT2D eigenvalue weighted by molar-refractivity contribution is 7.17. The summed E-state index contributed by atoms with van der Waals surface area (Å²) < 4.78 is 11.5. The maximum atomic E-state index is 12.2. The van der Waals surface area contributed by atoms with E-state index in [0.717, 1.165) is 41.5 Å². The van der Waals surface area contributed by atoms with Crippen molar-refractivity contribution < 1.29 is 19.1 Å². The number of rotatable bonds is 9. The van der Waals surface area contributed by atoms with Crippen molar-refractivity contribution in [2.75, 3.05) is 19.5 Å².